The molecule has 0 aromatic heterocycles. The van der Waals surface area contributed by atoms with Crippen LogP contribution in [0.25, 0.3) is 0 Å². The molecule has 3 N–H and O–H groups in total. The molecule has 0 aliphatic heterocycles. The van der Waals surface area contributed by atoms with Crippen molar-refractivity contribution in [3.05, 3.63) is 0 Å². The summed E-state index contributed by atoms with van der Waals surface area (Å²) in [6, 6.07) is 0. The van der Waals surface area contributed by atoms with Crippen molar-refractivity contribution in [3.63, 3.8) is 0 Å². The Hall–Kier alpha value is -1.48. The minimum absolute atomic E-state index is 0.0388. The summed E-state index contributed by atoms with van der Waals surface area (Å²) in [5.74, 6) is -0.866. The second-order valence-corrected chi connectivity index (χ2v) is 14.3. The van der Waals surface area contributed by atoms with E-state index < -0.39 is 32.5 Å². The van der Waals surface area contributed by atoms with E-state index in [-0.39, 0.29) is 25.4 Å². The molecule has 278 valence electrons. The molecule has 11 heteroatoms. The van der Waals surface area contributed by atoms with Crippen LogP contribution in [0.1, 0.15) is 187 Å². The molecule has 0 radical (unpaired) electrons. The highest BCUT2D eigenvalue weighted by Crippen LogP contribution is 2.36. The third-order valence-corrected chi connectivity index (χ3v) is 8.81. The number of rotatable bonds is 35. The zero-order valence-electron chi connectivity index (χ0n) is 30.0. The average Bonchev–Trinajstić information content (AvgIpc) is 3.02. The van der Waals surface area contributed by atoms with E-state index >= 15 is 0 Å². The molecule has 0 rings (SSSR count). The zero-order chi connectivity index (χ0) is 34.9. The maximum absolute atomic E-state index is 12.3. The minimum Gasteiger partial charge on any atom is -0.462 e. The molecule has 0 heterocycles. The van der Waals surface area contributed by atoms with E-state index in [2.05, 4.69) is 16.8 Å². The molecule has 1 amide bonds. The Morgan fingerprint density at radius 3 is 1.36 bits per heavy atom. The molecule has 0 aliphatic rings. The monoisotopic (exact) mass is 691 g/mol. The van der Waals surface area contributed by atoms with Gasteiger partial charge < -0.3 is 24.6 Å². The SMILES string of the molecule is CCCCCCCCCCCCCCCC(=O)O[C@H](COC(=O)CCCCCCCCCCCCCCNC(C)=O)COP(=O)(O)O. The summed E-state index contributed by atoms with van der Waals surface area (Å²) < 4.78 is 26.3. The topological polar surface area (TPSA) is 148 Å². The van der Waals surface area contributed by atoms with Crippen LogP contribution in [0.4, 0.5) is 0 Å². The van der Waals surface area contributed by atoms with Crippen LogP contribution in [-0.2, 0) is 32.9 Å². The number of nitrogens with one attached hydrogen (secondary N) is 1. The fraction of sp³-hybridized carbons (Fsp3) is 0.917. The third-order valence-electron chi connectivity index (χ3n) is 8.32. The maximum Gasteiger partial charge on any atom is 0.469 e. The third kappa shape index (κ3) is 37.2. The van der Waals surface area contributed by atoms with Crippen LogP contribution < -0.4 is 5.32 Å². The molecule has 0 fully saturated rings. The molecule has 10 nitrogen and oxygen atoms in total. The van der Waals surface area contributed by atoms with Crippen LogP contribution >= 0.6 is 7.82 Å². The zero-order valence-corrected chi connectivity index (χ0v) is 30.9. The Bertz CT molecular complexity index is 805. The lowest BCUT2D eigenvalue weighted by atomic mass is 10.0. The number of amides is 1. The summed E-state index contributed by atoms with van der Waals surface area (Å²) in [5, 5.41) is 2.83. The summed E-state index contributed by atoms with van der Waals surface area (Å²) in [6.07, 6.45) is 28.4. The van der Waals surface area contributed by atoms with Gasteiger partial charge in [0.2, 0.25) is 5.91 Å². The van der Waals surface area contributed by atoms with Gasteiger partial charge >= 0.3 is 19.8 Å². The molecule has 0 unspecified atom stereocenters. The lowest BCUT2D eigenvalue weighted by Gasteiger charge is -2.18. The Balaban J connectivity index is 3.90. The van der Waals surface area contributed by atoms with Crippen molar-refractivity contribution < 1.29 is 42.7 Å². The molecule has 0 aromatic rings. The van der Waals surface area contributed by atoms with Gasteiger partial charge in [-0.3, -0.25) is 18.9 Å². The molecule has 0 saturated carbocycles. The second-order valence-electron chi connectivity index (χ2n) is 13.0. The van der Waals surface area contributed by atoms with Crippen LogP contribution in [-0.4, -0.2) is 53.5 Å². The van der Waals surface area contributed by atoms with Gasteiger partial charge in [0, 0.05) is 26.3 Å². The number of carbonyl (C=O) groups excluding carboxylic acids is 3. The second kappa shape index (κ2) is 33.0. The van der Waals surface area contributed by atoms with E-state index in [1.165, 1.54) is 96.3 Å². The minimum atomic E-state index is -4.75. The quantitative estimate of drug-likeness (QED) is 0.0336. The lowest BCUT2D eigenvalue weighted by molar-refractivity contribution is -0.161. The standard InChI is InChI=1S/C36H70NO9P/c1-3-4-5-6-7-8-9-10-14-17-20-23-26-29-36(40)46-34(32-45-47(41,42)43)31-44-35(39)28-25-22-19-16-13-11-12-15-18-21-24-27-30-37-33(2)38/h34H,3-32H2,1-2H3,(H,37,38)(H2,41,42,43)/t34-/m1/s1. The van der Waals surface area contributed by atoms with Crippen LogP contribution in [0.3, 0.4) is 0 Å². The molecule has 1 atom stereocenters. The van der Waals surface area contributed by atoms with E-state index in [1.807, 2.05) is 0 Å². The first-order chi connectivity index (χ1) is 22.6. The van der Waals surface area contributed by atoms with Gasteiger partial charge in [-0.2, -0.15) is 0 Å². The number of hydrogen-bond acceptors (Lipinski definition) is 7. The first-order valence-electron chi connectivity index (χ1n) is 18.9. The Labute approximate surface area is 286 Å². The molecule has 0 bridgehead atoms. The molecule has 0 aliphatic carbocycles. The number of hydrogen-bond donors (Lipinski definition) is 3. The van der Waals surface area contributed by atoms with Gasteiger partial charge in [0.1, 0.15) is 6.61 Å². The first-order valence-corrected chi connectivity index (χ1v) is 20.5. The van der Waals surface area contributed by atoms with Gasteiger partial charge in [-0.05, 0) is 19.3 Å². The van der Waals surface area contributed by atoms with Gasteiger partial charge in [-0.25, -0.2) is 4.57 Å². The predicted octanol–water partition coefficient (Wildman–Crippen LogP) is 9.24. The lowest BCUT2D eigenvalue weighted by Crippen LogP contribution is -2.29. The van der Waals surface area contributed by atoms with Crippen molar-refractivity contribution in [2.24, 2.45) is 0 Å². The molecule has 0 spiro atoms. The number of ether oxygens (including phenoxy) is 2. The highest BCUT2D eigenvalue weighted by atomic mass is 31.2. The van der Waals surface area contributed by atoms with Crippen LogP contribution in [0.2, 0.25) is 0 Å². The molecule has 47 heavy (non-hydrogen) atoms. The van der Waals surface area contributed by atoms with Crippen molar-refractivity contribution in [3.8, 4) is 0 Å². The average molecular weight is 692 g/mol. The summed E-state index contributed by atoms with van der Waals surface area (Å²) in [6.45, 7) is 3.73. The summed E-state index contributed by atoms with van der Waals surface area (Å²) in [7, 11) is -4.75. The van der Waals surface area contributed by atoms with Crippen LogP contribution in [0.5, 0.6) is 0 Å². The summed E-state index contributed by atoms with van der Waals surface area (Å²) >= 11 is 0. The van der Waals surface area contributed by atoms with E-state index in [9.17, 15) is 18.9 Å². The highest BCUT2D eigenvalue weighted by molar-refractivity contribution is 7.46. The summed E-state index contributed by atoms with van der Waals surface area (Å²) in [5.41, 5.74) is 0. The van der Waals surface area contributed by atoms with E-state index in [0.717, 1.165) is 57.9 Å². The number of phosphoric acid groups is 1. The van der Waals surface area contributed by atoms with Crippen molar-refractivity contribution in [1.29, 1.82) is 0 Å². The number of unbranched alkanes of at least 4 members (excludes halogenated alkanes) is 23. The number of carbonyl (C=O) groups is 3. The van der Waals surface area contributed by atoms with Gasteiger partial charge in [0.15, 0.2) is 6.10 Å². The molecule has 0 aromatic carbocycles. The Kier molecular flexibility index (Phi) is 32.0. The Morgan fingerprint density at radius 1 is 0.574 bits per heavy atom. The Morgan fingerprint density at radius 2 is 0.957 bits per heavy atom. The van der Waals surface area contributed by atoms with Gasteiger partial charge in [0.25, 0.3) is 0 Å². The number of esters is 2. The summed E-state index contributed by atoms with van der Waals surface area (Å²) in [4.78, 5) is 53.5. The first kappa shape index (κ1) is 45.5. The number of phosphoric ester groups is 1. The van der Waals surface area contributed by atoms with Gasteiger partial charge in [0.05, 0.1) is 6.61 Å². The normalized spacial score (nSPS) is 12.2. The van der Waals surface area contributed by atoms with Crippen molar-refractivity contribution >= 4 is 25.7 Å². The van der Waals surface area contributed by atoms with Crippen molar-refractivity contribution in [1.82, 2.24) is 5.32 Å². The van der Waals surface area contributed by atoms with Crippen molar-refractivity contribution in [2.75, 3.05) is 19.8 Å². The fourth-order valence-electron chi connectivity index (χ4n) is 5.51. The van der Waals surface area contributed by atoms with E-state index in [4.69, 9.17) is 19.3 Å². The fourth-order valence-corrected chi connectivity index (χ4v) is 5.87. The maximum atomic E-state index is 12.3. The largest absolute Gasteiger partial charge is 0.469 e. The van der Waals surface area contributed by atoms with E-state index in [0.29, 0.717) is 12.8 Å². The van der Waals surface area contributed by atoms with E-state index in [1.54, 1.807) is 6.92 Å². The molecule has 0 saturated heterocycles. The molecular weight excluding hydrogens is 621 g/mol. The van der Waals surface area contributed by atoms with Gasteiger partial charge in [-0.1, -0.05) is 148 Å². The molecular formula is C36H70NO9P. The van der Waals surface area contributed by atoms with Crippen molar-refractivity contribution in [2.45, 2.75) is 193 Å². The van der Waals surface area contributed by atoms with Crippen LogP contribution in [0.15, 0.2) is 0 Å². The smallest absolute Gasteiger partial charge is 0.462 e. The van der Waals surface area contributed by atoms with Gasteiger partial charge in [-0.15, -0.1) is 0 Å². The van der Waals surface area contributed by atoms with Crippen LogP contribution in [0, 0.1) is 0 Å². The highest BCUT2D eigenvalue weighted by Gasteiger charge is 2.22. The predicted molar refractivity (Wildman–Crippen MR) is 188 cm³/mol.